The van der Waals surface area contributed by atoms with Crippen molar-refractivity contribution >= 4 is 17.7 Å². The number of carbonyl (C=O) groups is 3. The second kappa shape index (κ2) is 3.71. The highest BCUT2D eigenvalue weighted by atomic mass is 16.2. The van der Waals surface area contributed by atoms with Crippen LogP contribution >= 0.6 is 0 Å². The lowest BCUT2D eigenvalue weighted by Crippen LogP contribution is -2.48. The maximum absolute atomic E-state index is 12.5. The molecule has 1 aliphatic heterocycles. The highest BCUT2D eigenvalue weighted by molar-refractivity contribution is 6.07. The van der Waals surface area contributed by atoms with Crippen LogP contribution in [0.5, 0.6) is 0 Å². The molecule has 5 nitrogen and oxygen atoms in total. The molecule has 2 bridgehead atoms. The molecular weight excluding hydrogens is 256 g/mol. The fourth-order valence-corrected chi connectivity index (χ4v) is 4.31. The van der Waals surface area contributed by atoms with Crippen molar-refractivity contribution in [1.29, 1.82) is 0 Å². The van der Waals surface area contributed by atoms with E-state index in [-0.39, 0.29) is 47.3 Å². The van der Waals surface area contributed by atoms with E-state index in [1.807, 2.05) is 0 Å². The lowest BCUT2D eigenvalue weighted by atomic mass is 9.63. The van der Waals surface area contributed by atoms with Gasteiger partial charge >= 0.3 is 0 Å². The molecule has 106 valence electrons. The summed E-state index contributed by atoms with van der Waals surface area (Å²) < 4.78 is 0. The Bertz CT molecular complexity index is 517. The lowest BCUT2D eigenvalue weighted by Gasteiger charge is -2.37. The highest BCUT2D eigenvalue weighted by Gasteiger charge is 2.67. The number of allylic oxidation sites excluding steroid dienone is 2. The van der Waals surface area contributed by atoms with Crippen molar-refractivity contribution in [2.24, 2.45) is 41.4 Å². The topological polar surface area (TPSA) is 66.5 Å². The van der Waals surface area contributed by atoms with Gasteiger partial charge in [-0.05, 0) is 30.1 Å². The lowest BCUT2D eigenvalue weighted by molar-refractivity contribution is -0.150. The summed E-state index contributed by atoms with van der Waals surface area (Å²) in [5.74, 6) is 0.143. The molecule has 20 heavy (non-hydrogen) atoms. The molecule has 6 atom stereocenters. The molecule has 0 aromatic carbocycles. The van der Waals surface area contributed by atoms with Gasteiger partial charge in [0.25, 0.3) is 11.8 Å². The standard InChI is InChI=1S/C15H18N2O3/c1-6(2)13(18)16-17-14(19)11-7-3-4-8(10-5-9(7)10)12(11)15(17)20/h3-4,6-12H,5H2,1-2H3,(H,16,18)/t7-,8-,9-,10-,11+,12+/m0/s1. The average Bonchev–Trinajstić information content (AvgIpc) is 3.20. The third kappa shape index (κ3) is 1.35. The quantitative estimate of drug-likeness (QED) is 0.596. The molecule has 0 aromatic heterocycles. The van der Waals surface area contributed by atoms with Crippen molar-refractivity contribution in [2.75, 3.05) is 0 Å². The minimum absolute atomic E-state index is 0.201. The molecule has 0 aromatic rings. The monoisotopic (exact) mass is 274 g/mol. The minimum atomic E-state index is -0.282. The van der Waals surface area contributed by atoms with Gasteiger partial charge in [-0.25, -0.2) is 0 Å². The summed E-state index contributed by atoms with van der Waals surface area (Å²) >= 11 is 0. The number of hydrazine groups is 1. The van der Waals surface area contributed by atoms with Crippen molar-refractivity contribution < 1.29 is 14.4 Å². The maximum Gasteiger partial charge on any atom is 0.252 e. The second-order valence-corrected chi connectivity index (χ2v) is 6.80. The first-order valence-corrected chi connectivity index (χ1v) is 7.37. The molecule has 1 heterocycles. The molecule has 3 amide bonds. The van der Waals surface area contributed by atoms with Crippen LogP contribution in [0.2, 0.25) is 0 Å². The van der Waals surface area contributed by atoms with Crippen molar-refractivity contribution in [3.8, 4) is 0 Å². The smallest absolute Gasteiger partial charge is 0.252 e. The van der Waals surface area contributed by atoms with Gasteiger partial charge in [0, 0.05) is 5.92 Å². The first-order valence-electron chi connectivity index (χ1n) is 7.37. The van der Waals surface area contributed by atoms with E-state index < -0.39 is 0 Å². The van der Waals surface area contributed by atoms with E-state index in [0.29, 0.717) is 11.8 Å². The zero-order chi connectivity index (χ0) is 14.2. The number of hydrogen-bond donors (Lipinski definition) is 1. The molecule has 0 radical (unpaired) electrons. The molecular formula is C15H18N2O3. The van der Waals surface area contributed by atoms with Crippen LogP contribution in [0.25, 0.3) is 0 Å². The Labute approximate surface area is 117 Å². The summed E-state index contributed by atoms with van der Waals surface area (Å²) in [5, 5.41) is 0.995. The van der Waals surface area contributed by atoms with Crippen molar-refractivity contribution in [1.82, 2.24) is 10.4 Å². The Morgan fingerprint density at radius 1 is 1.15 bits per heavy atom. The van der Waals surface area contributed by atoms with E-state index in [4.69, 9.17) is 0 Å². The summed E-state index contributed by atoms with van der Waals surface area (Å²) in [6, 6.07) is 0. The second-order valence-electron chi connectivity index (χ2n) is 6.80. The van der Waals surface area contributed by atoms with Gasteiger partial charge in [0.1, 0.15) is 0 Å². The van der Waals surface area contributed by atoms with Crippen LogP contribution < -0.4 is 5.43 Å². The largest absolute Gasteiger partial charge is 0.273 e. The number of amides is 3. The maximum atomic E-state index is 12.5. The third-order valence-corrected chi connectivity index (χ3v) is 5.41. The molecule has 1 saturated heterocycles. The van der Waals surface area contributed by atoms with Gasteiger partial charge in [-0.1, -0.05) is 26.0 Å². The predicted octanol–water partition coefficient (Wildman–Crippen LogP) is 0.727. The van der Waals surface area contributed by atoms with Crippen LogP contribution in [0, 0.1) is 41.4 Å². The number of nitrogens with one attached hydrogen (secondary N) is 1. The van der Waals surface area contributed by atoms with Crippen molar-refractivity contribution in [3.63, 3.8) is 0 Å². The van der Waals surface area contributed by atoms with E-state index >= 15 is 0 Å². The fourth-order valence-electron chi connectivity index (χ4n) is 4.31. The van der Waals surface area contributed by atoms with Crippen molar-refractivity contribution in [2.45, 2.75) is 20.3 Å². The Morgan fingerprint density at radius 2 is 1.65 bits per heavy atom. The Morgan fingerprint density at radius 3 is 2.10 bits per heavy atom. The van der Waals surface area contributed by atoms with Crippen LogP contribution in [-0.2, 0) is 14.4 Å². The van der Waals surface area contributed by atoms with Gasteiger partial charge in [0.15, 0.2) is 0 Å². The van der Waals surface area contributed by atoms with Gasteiger partial charge in [-0.2, -0.15) is 5.01 Å². The first kappa shape index (κ1) is 12.1. The molecule has 2 saturated carbocycles. The van der Waals surface area contributed by atoms with Crippen LogP contribution in [0.1, 0.15) is 20.3 Å². The molecule has 5 rings (SSSR count). The van der Waals surface area contributed by atoms with Crippen LogP contribution in [0.4, 0.5) is 0 Å². The first-order chi connectivity index (χ1) is 9.50. The van der Waals surface area contributed by atoms with E-state index in [2.05, 4.69) is 17.6 Å². The average molecular weight is 274 g/mol. The summed E-state index contributed by atoms with van der Waals surface area (Å²) in [7, 11) is 0. The summed E-state index contributed by atoms with van der Waals surface area (Å²) in [4.78, 5) is 36.8. The minimum Gasteiger partial charge on any atom is -0.273 e. The summed E-state index contributed by atoms with van der Waals surface area (Å²) in [5.41, 5.74) is 2.50. The molecule has 5 aliphatic rings. The van der Waals surface area contributed by atoms with Gasteiger partial charge in [0.05, 0.1) is 11.8 Å². The van der Waals surface area contributed by atoms with Crippen LogP contribution in [-0.4, -0.2) is 22.7 Å². The summed E-state index contributed by atoms with van der Waals surface area (Å²) in [6.07, 6.45) is 5.39. The van der Waals surface area contributed by atoms with E-state index in [1.165, 1.54) is 0 Å². The molecule has 4 aliphatic carbocycles. The number of hydrogen-bond acceptors (Lipinski definition) is 3. The van der Waals surface area contributed by atoms with E-state index in [0.717, 1.165) is 11.4 Å². The fraction of sp³-hybridized carbons (Fsp3) is 0.667. The third-order valence-electron chi connectivity index (χ3n) is 5.41. The van der Waals surface area contributed by atoms with Crippen LogP contribution in [0.15, 0.2) is 12.2 Å². The summed E-state index contributed by atoms with van der Waals surface area (Å²) in [6.45, 7) is 3.49. The van der Waals surface area contributed by atoms with Gasteiger partial charge < -0.3 is 0 Å². The number of nitrogens with zero attached hydrogens (tertiary/aromatic N) is 1. The predicted molar refractivity (Wildman–Crippen MR) is 69.5 cm³/mol. The SMILES string of the molecule is CC(C)C(=O)NN1C(=O)[C@@H]2[C@H]3C=C[C@@H]([C@@H]4C[C@@H]34)[C@H]2C1=O. The molecule has 0 unspecified atom stereocenters. The van der Waals surface area contributed by atoms with E-state index in [9.17, 15) is 14.4 Å². The zero-order valence-corrected chi connectivity index (χ0v) is 11.6. The molecule has 0 spiro atoms. The van der Waals surface area contributed by atoms with Gasteiger partial charge in [-0.15, -0.1) is 0 Å². The zero-order valence-electron chi connectivity index (χ0n) is 11.6. The Kier molecular flexibility index (Phi) is 2.25. The van der Waals surface area contributed by atoms with E-state index in [1.54, 1.807) is 13.8 Å². The number of rotatable bonds is 2. The van der Waals surface area contributed by atoms with Gasteiger partial charge in [0.2, 0.25) is 5.91 Å². The number of carbonyl (C=O) groups excluding carboxylic acids is 3. The number of imide groups is 1. The normalized spacial score (nSPS) is 43.9. The van der Waals surface area contributed by atoms with Gasteiger partial charge in [-0.3, -0.25) is 19.8 Å². The van der Waals surface area contributed by atoms with Crippen LogP contribution in [0.3, 0.4) is 0 Å². The highest BCUT2D eigenvalue weighted by Crippen LogP contribution is 2.65. The van der Waals surface area contributed by atoms with Crippen molar-refractivity contribution in [3.05, 3.63) is 12.2 Å². The Hall–Kier alpha value is -1.65. The Balaban J connectivity index is 1.63. The molecule has 1 N–H and O–H groups in total. The molecule has 3 fully saturated rings. The molecule has 5 heteroatoms.